The number of aromatic nitrogens is 3. The van der Waals surface area contributed by atoms with E-state index < -0.39 is 0 Å². The standard InChI is InChI=1S/C25H26N4O2S2/c1-4-28(14-19-10-6-5-7-11-19)21(30)16-32-25-27-23-22(17(2)18(3)33-23)24(31)29(25)15-20-12-8-9-13-26-20/h5-13H,4,14-16H2,1-3H3. The van der Waals surface area contributed by atoms with Gasteiger partial charge in [-0.3, -0.25) is 19.1 Å². The number of pyridine rings is 1. The van der Waals surface area contributed by atoms with Crippen molar-refractivity contribution in [3.63, 3.8) is 0 Å². The van der Waals surface area contributed by atoms with E-state index in [0.29, 0.717) is 30.2 Å². The molecule has 1 amide bonds. The van der Waals surface area contributed by atoms with Crippen LogP contribution in [0.3, 0.4) is 0 Å². The highest BCUT2D eigenvalue weighted by Gasteiger charge is 2.19. The average Bonchev–Trinajstić information content (AvgIpc) is 3.12. The van der Waals surface area contributed by atoms with Crippen molar-refractivity contribution in [1.29, 1.82) is 0 Å². The second kappa shape index (κ2) is 10.3. The minimum Gasteiger partial charge on any atom is -0.338 e. The summed E-state index contributed by atoms with van der Waals surface area (Å²) in [5, 5.41) is 1.20. The van der Waals surface area contributed by atoms with E-state index in [2.05, 4.69) is 4.98 Å². The van der Waals surface area contributed by atoms with Crippen LogP contribution in [0.25, 0.3) is 10.2 Å². The molecule has 3 aromatic heterocycles. The van der Waals surface area contributed by atoms with E-state index in [9.17, 15) is 9.59 Å². The SMILES string of the molecule is CCN(Cc1ccccc1)C(=O)CSc1nc2sc(C)c(C)c2c(=O)n1Cc1ccccn1. The van der Waals surface area contributed by atoms with Gasteiger partial charge in [-0.05, 0) is 44.0 Å². The number of nitrogens with zero attached hydrogens (tertiary/aromatic N) is 4. The molecule has 6 nitrogen and oxygen atoms in total. The first kappa shape index (κ1) is 23.2. The molecule has 0 aliphatic carbocycles. The predicted octanol–water partition coefficient (Wildman–Crippen LogP) is 4.66. The molecule has 8 heteroatoms. The van der Waals surface area contributed by atoms with Gasteiger partial charge in [-0.15, -0.1) is 11.3 Å². The molecule has 0 bridgehead atoms. The molecule has 0 N–H and O–H groups in total. The van der Waals surface area contributed by atoms with Gasteiger partial charge in [0.2, 0.25) is 5.91 Å². The zero-order valence-corrected chi connectivity index (χ0v) is 20.6. The number of thioether (sulfide) groups is 1. The van der Waals surface area contributed by atoms with Crippen molar-refractivity contribution in [2.45, 2.75) is 39.0 Å². The summed E-state index contributed by atoms with van der Waals surface area (Å²) in [7, 11) is 0. The normalized spacial score (nSPS) is 11.1. The third kappa shape index (κ3) is 5.17. The molecule has 4 rings (SSSR count). The van der Waals surface area contributed by atoms with Gasteiger partial charge in [0.25, 0.3) is 5.56 Å². The molecular formula is C25H26N4O2S2. The Kier molecular flexibility index (Phi) is 7.25. The van der Waals surface area contributed by atoms with E-state index in [-0.39, 0.29) is 17.2 Å². The molecule has 0 spiro atoms. The third-order valence-corrected chi connectivity index (χ3v) is 7.64. The number of carbonyl (C=O) groups excluding carboxylic acids is 1. The number of rotatable bonds is 8. The lowest BCUT2D eigenvalue weighted by Gasteiger charge is -2.21. The zero-order valence-electron chi connectivity index (χ0n) is 18.9. The van der Waals surface area contributed by atoms with Gasteiger partial charge in [0.1, 0.15) is 4.83 Å². The van der Waals surface area contributed by atoms with Crippen molar-refractivity contribution in [3.05, 3.63) is 86.8 Å². The van der Waals surface area contributed by atoms with Crippen LogP contribution in [-0.2, 0) is 17.9 Å². The quantitative estimate of drug-likeness (QED) is 0.272. The molecule has 0 aliphatic rings. The third-order valence-electron chi connectivity index (χ3n) is 5.58. The van der Waals surface area contributed by atoms with Crippen molar-refractivity contribution in [2.75, 3.05) is 12.3 Å². The minimum absolute atomic E-state index is 0.0172. The summed E-state index contributed by atoms with van der Waals surface area (Å²) >= 11 is 2.83. The number of carbonyl (C=O) groups is 1. The molecule has 33 heavy (non-hydrogen) atoms. The zero-order chi connectivity index (χ0) is 23.4. The highest BCUT2D eigenvalue weighted by atomic mass is 32.2. The molecule has 4 aromatic rings. The Bertz CT molecular complexity index is 1320. The van der Waals surface area contributed by atoms with Crippen LogP contribution < -0.4 is 5.56 Å². The highest BCUT2D eigenvalue weighted by molar-refractivity contribution is 7.99. The molecule has 0 saturated carbocycles. The fraction of sp³-hybridized carbons (Fsp3) is 0.280. The number of aryl methyl sites for hydroxylation is 2. The maximum absolute atomic E-state index is 13.5. The van der Waals surface area contributed by atoms with E-state index in [1.807, 2.05) is 74.2 Å². The van der Waals surface area contributed by atoms with Crippen LogP contribution in [-0.4, -0.2) is 37.6 Å². The predicted molar refractivity (Wildman–Crippen MR) is 135 cm³/mol. The van der Waals surface area contributed by atoms with Crippen molar-refractivity contribution < 1.29 is 4.79 Å². The van der Waals surface area contributed by atoms with Gasteiger partial charge in [0, 0.05) is 24.2 Å². The summed E-state index contributed by atoms with van der Waals surface area (Å²) < 4.78 is 1.65. The number of hydrogen-bond acceptors (Lipinski definition) is 6. The Balaban J connectivity index is 1.62. The molecule has 0 radical (unpaired) electrons. The van der Waals surface area contributed by atoms with Gasteiger partial charge in [0.05, 0.1) is 23.4 Å². The Morgan fingerprint density at radius 1 is 1.12 bits per heavy atom. The molecule has 0 aliphatic heterocycles. The van der Waals surface area contributed by atoms with Crippen LogP contribution in [0.2, 0.25) is 0 Å². The van der Waals surface area contributed by atoms with Crippen LogP contribution in [0.5, 0.6) is 0 Å². The average molecular weight is 479 g/mol. The molecule has 0 unspecified atom stereocenters. The van der Waals surface area contributed by atoms with Crippen LogP contribution >= 0.6 is 23.1 Å². The summed E-state index contributed by atoms with van der Waals surface area (Å²) in [6, 6.07) is 15.6. The lowest BCUT2D eigenvalue weighted by Crippen LogP contribution is -2.32. The van der Waals surface area contributed by atoms with E-state index in [1.165, 1.54) is 23.1 Å². The fourth-order valence-corrected chi connectivity index (χ4v) is 5.58. The number of thiophene rings is 1. The Labute approximate surface area is 201 Å². The van der Waals surface area contributed by atoms with Crippen LogP contribution in [0.1, 0.15) is 28.6 Å². The van der Waals surface area contributed by atoms with Crippen LogP contribution in [0, 0.1) is 13.8 Å². The smallest absolute Gasteiger partial charge is 0.263 e. The van der Waals surface area contributed by atoms with Crippen molar-refractivity contribution in [2.24, 2.45) is 0 Å². The van der Waals surface area contributed by atoms with E-state index in [4.69, 9.17) is 4.98 Å². The monoisotopic (exact) mass is 478 g/mol. The number of benzene rings is 1. The molecule has 0 fully saturated rings. The van der Waals surface area contributed by atoms with Gasteiger partial charge >= 0.3 is 0 Å². The summed E-state index contributed by atoms with van der Waals surface area (Å²) in [6.45, 7) is 7.43. The minimum atomic E-state index is -0.0842. The second-order valence-corrected chi connectivity index (χ2v) is 9.90. The molecular weight excluding hydrogens is 452 g/mol. The molecule has 3 heterocycles. The molecule has 1 aromatic carbocycles. The van der Waals surface area contributed by atoms with Gasteiger partial charge < -0.3 is 4.90 Å². The van der Waals surface area contributed by atoms with E-state index >= 15 is 0 Å². The summed E-state index contributed by atoms with van der Waals surface area (Å²) in [4.78, 5) is 39.3. The second-order valence-electron chi connectivity index (χ2n) is 7.75. The molecule has 170 valence electrons. The summed E-state index contributed by atoms with van der Waals surface area (Å²) in [5.41, 5.74) is 2.75. The number of hydrogen-bond donors (Lipinski definition) is 0. The van der Waals surface area contributed by atoms with E-state index in [0.717, 1.165) is 26.5 Å². The van der Waals surface area contributed by atoms with Crippen molar-refractivity contribution in [3.8, 4) is 0 Å². The largest absolute Gasteiger partial charge is 0.338 e. The first-order chi connectivity index (χ1) is 16.0. The Morgan fingerprint density at radius 3 is 2.58 bits per heavy atom. The topological polar surface area (TPSA) is 68.1 Å². The first-order valence-corrected chi connectivity index (χ1v) is 12.6. The van der Waals surface area contributed by atoms with Gasteiger partial charge in [-0.25, -0.2) is 4.98 Å². The summed E-state index contributed by atoms with van der Waals surface area (Å²) in [5.74, 6) is 0.230. The molecule has 0 saturated heterocycles. The van der Waals surface area contributed by atoms with Crippen LogP contribution in [0.15, 0.2) is 64.7 Å². The number of amides is 1. The lowest BCUT2D eigenvalue weighted by molar-refractivity contribution is -0.128. The Hall–Kier alpha value is -2.97. The van der Waals surface area contributed by atoms with Crippen molar-refractivity contribution in [1.82, 2.24) is 19.4 Å². The summed E-state index contributed by atoms with van der Waals surface area (Å²) in [6.07, 6.45) is 1.71. The van der Waals surface area contributed by atoms with Crippen LogP contribution in [0.4, 0.5) is 0 Å². The van der Waals surface area contributed by atoms with Gasteiger partial charge in [0.15, 0.2) is 5.16 Å². The van der Waals surface area contributed by atoms with E-state index in [1.54, 1.807) is 10.8 Å². The number of fused-ring (bicyclic) bond motifs is 1. The van der Waals surface area contributed by atoms with Gasteiger partial charge in [-0.2, -0.15) is 0 Å². The lowest BCUT2D eigenvalue weighted by atomic mass is 10.2. The van der Waals surface area contributed by atoms with Gasteiger partial charge in [-0.1, -0.05) is 48.2 Å². The fourth-order valence-electron chi connectivity index (χ4n) is 3.61. The van der Waals surface area contributed by atoms with Crippen molar-refractivity contribution >= 4 is 39.2 Å². The first-order valence-electron chi connectivity index (χ1n) is 10.8. The highest BCUT2D eigenvalue weighted by Crippen LogP contribution is 2.28. The maximum Gasteiger partial charge on any atom is 0.263 e. The molecule has 0 atom stereocenters. The Morgan fingerprint density at radius 2 is 1.88 bits per heavy atom. The maximum atomic E-state index is 13.5.